The van der Waals surface area contributed by atoms with Gasteiger partial charge in [0.2, 0.25) is 11.9 Å². The highest BCUT2D eigenvalue weighted by Gasteiger charge is 2.20. The largest absolute Gasteiger partial charge is 0.355 e. The number of aromatic nitrogens is 2. The third kappa shape index (κ3) is 4.94. The standard InChI is InChI=1S/C24H24ClFN6O2/c1-14(33)32-11-4-3-6-15-9-10-16(12-20(15)32)29-24-28-13-18(25)22(31-24)30-21-17(23(34)27-2)7-5-8-19(21)26/h5,7-10,12-13H,3-4,6,11H2,1-2H3,(H,27,34)(H2,28,29,30,31). The fraction of sp³-hybridized carbons (Fsp3) is 0.250. The molecule has 3 N–H and O–H groups in total. The van der Waals surface area contributed by atoms with Crippen LogP contribution in [0.5, 0.6) is 0 Å². The molecule has 8 nitrogen and oxygen atoms in total. The zero-order valence-electron chi connectivity index (χ0n) is 18.8. The van der Waals surface area contributed by atoms with E-state index in [1.165, 1.54) is 31.4 Å². The van der Waals surface area contributed by atoms with Crippen LogP contribution in [0, 0.1) is 5.82 Å². The maximum absolute atomic E-state index is 14.5. The molecule has 0 bridgehead atoms. The molecule has 2 aromatic carbocycles. The van der Waals surface area contributed by atoms with Crippen molar-refractivity contribution in [1.29, 1.82) is 0 Å². The Morgan fingerprint density at radius 2 is 1.97 bits per heavy atom. The lowest BCUT2D eigenvalue weighted by atomic mass is 10.1. The minimum Gasteiger partial charge on any atom is -0.355 e. The quantitative estimate of drug-likeness (QED) is 0.483. The number of hydrogen-bond donors (Lipinski definition) is 3. The zero-order valence-corrected chi connectivity index (χ0v) is 19.5. The van der Waals surface area contributed by atoms with Crippen LogP contribution in [0.1, 0.15) is 35.7 Å². The van der Waals surface area contributed by atoms with Gasteiger partial charge < -0.3 is 20.9 Å². The molecular formula is C24H24ClFN6O2. The second-order valence-electron chi connectivity index (χ2n) is 7.85. The molecule has 2 heterocycles. The Labute approximate surface area is 201 Å². The summed E-state index contributed by atoms with van der Waals surface area (Å²) in [6, 6.07) is 9.96. The first-order valence-electron chi connectivity index (χ1n) is 10.9. The predicted octanol–water partition coefficient (Wildman–Crippen LogP) is 4.81. The molecule has 2 amide bonds. The topological polar surface area (TPSA) is 99.2 Å². The van der Waals surface area contributed by atoms with Crippen LogP contribution in [0.4, 0.5) is 33.2 Å². The van der Waals surface area contributed by atoms with Crippen LogP contribution in [-0.4, -0.2) is 35.4 Å². The van der Waals surface area contributed by atoms with Crippen LogP contribution >= 0.6 is 11.6 Å². The molecule has 34 heavy (non-hydrogen) atoms. The molecule has 0 aliphatic carbocycles. The average Bonchev–Trinajstić information content (AvgIpc) is 3.04. The van der Waals surface area contributed by atoms with Crippen molar-refractivity contribution in [2.75, 3.05) is 29.1 Å². The highest BCUT2D eigenvalue weighted by molar-refractivity contribution is 6.33. The number of aryl methyl sites for hydroxylation is 1. The van der Waals surface area contributed by atoms with E-state index in [9.17, 15) is 14.0 Å². The van der Waals surface area contributed by atoms with E-state index in [-0.39, 0.29) is 33.9 Å². The SMILES string of the molecule is CNC(=O)c1cccc(F)c1Nc1nc(Nc2ccc3c(c2)N(C(C)=O)CCCC3)ncc1Cl. The summed E-state index contributed by atoms with van der Waals surface area (Å²) in [6.07, 6.45) is 4.25. The highest BCUT2D eigenvalue weighted by Crippen LogP contribution is 2.32. The minimum atomic E-state index is -0.625. The van der Waals surface area contributed by atoms with Crippen LogP contribution < -0.4 is 20.9 Å². The maximum Gasteiger partial charge on any atom is 0.253 e. The molecule has 3 aromatic rings. The van der Waals surface area contributed by atoms with Crippen LogP contribution in [0.15, 0.2) is 42.6 Å². The van der Waals surface area contributed by atoms with Crippen molar-refractivity contribution in [3.63, 3.8) is 0 Å². The third-order valence-corrected chi connectivity index (χ3v) is 5.84. The number of anilines is 5. The van der Waals surface area contributed by atoms with Crippen molar-refractivity contribution in [3.8, 4) is 0 Å². The number of para-hydroxylation sites is 1. The fourth-order valence-corrected chi connectivity index (χ4v) is 4.01. The number of fused-ring (bicyclic) bond motifs is 1. The number of halogens is 2. The van der Waals surface area contributed by atoms with Gasteiger partial charge in [-0.25, -0.2) is 9.37 Å². The van der Waals surface area contributed by atoms with Crippen LogP contribution in [-0.2, 0) is 11.2 Å². The van der Waals surface area contributed by atoms with Gasteiger partial charge in [0.15, 0.2) is 5.82 Å². The number of benzene rings is 2. The Hall–Kier alpha value is -3.72. The average molecular weight is 483 g/mol. The Bertz CT molecular complexity index is 1250. The molecule has 0 spiro atoms. The summed E-state index contributed by atoms with van der Waals surface area (Å²) >= 11 is 6.25. The smallest absolute Gasteiger partial charge is 0.253 e. The molecule has 176 valence electrons. The van der Waals surface area contributed by atoms with E-state index in [1.54, 1.807) is 11.8 Å². The lowest BCUT2D eigenvalue weighted by Gasteiger charge is -2.22. The van der Waals surface area contributed by atoms with E-state index in [2.05, 4.69) is 25.9 Å². The lowest BCUT2D eigenvalue weighted by Crippen LogP contribution is -2.29. The van der Waals surface area contributed by atoms with Gasteiger partial charge in [0.25, 0.3) is 5.91 Å². The Kier molecular flexibility index (Phi) is 6.93. The fourth-order valence-electron chi connectivity index (χ4n) is 3.87. The number of hydrogen-bond acceptors (Lipinski definition) is 6. The number of nitrogens with zero attached hydrogens (tertiary/aromatic N) is 3. The van der Waals surface area contributed by atoms with Crippen molar-refractivity contribution in [2.45, 2.75) is 26.2 Å². The number of amides is 2. The Morgan fingerprint density at radius 1 is 1.15 bits per heavy atom. The molecule has 0 saturated carbocycles. The molecule has 10 heteroatoms. The third-order valence-electron chi connectivity index (χ3n) is 5.56. The number of carbonyl (C=O) groups excluding carboxylic acids is 2. The van der Waals surface area contributed by atoms with E-state index in [1.807, 2.05) is 18.2 Å². The van der Waals surface area contributed by atoms with Crippen molar-refractivity contribution < 1.29 is 14.0 Å². The summed E-state index contributed by atoms with van der Waals surface area (Å²) in [5.74, 6) is -0.737. The van der Waals surface area contributed by atoms with Gasteiger partial charge in [0, 0.05) is 31.9 Å². The molecule has 1 aliphatic rings. The number of nitrogens with one attached hydrogen (secondary N) is 3. The first-order chi connectivity index (χ1) is 16.4. The van der Waals surface area contributed by atoms with Crippen LogP contribution in [0.3, 0.4) is 0 Å². The molecule has 1 aliphatic heterocycles. The van der Waals surface area contributed by atoms with E-state index < -0.39 is 11.7 Å². The van der Waals surface area contributed by atoms with Crippen molar-refractivity contribution >= 4 is 52.2 Å². The molecule has 0 unspecified atom stereocenters. The van der Waals surface area contributed by atoms with E-state index in [0.29, 0.717) is 12.2 Å². The second kappa shape index (κ2) is 10.0. The Balaban J connectivity index is 1.63. The summed E-state index contributed by atoms with van der Waals surface area (Å²) in [7, 11) is 1.46. The summed E-state index contributed by atoms with van der Waals surface area (Å²) in [4.78, 5) is 34.7. The summed E-state index contributed by atoms with van der Waals surface area (Å²) < 4.78 is 14.5. The van der Waals surface area contributed by atoms with E-state index in [0.717, 1.165) is 30.5 Å². The van der Waals surface area contributed by atoms with E-state index in [4.69, 9.17) is 11.6 Å². The van der Waals surface area contributed by atoms with Gasteiger partial charge >= 0.3 is 0 Å². The van der Waals surface area contributed by atoms with Gasteiger partial charge in [-0.3, -0.25) is 9.59 Å². The van der Waals surface area contributed by atoms with Gasteiger partial charge in [0.1, 0.15) is 10.8 Å². The number of carbonyl (C=O) groups is 2. The molecule has 0 radical (unpaired) electrons. The molecular weight excluding hydrogens is 459 g/mol. The summed E-state index contributed by atoms with van der Waals surface area (Å²) in [5.41, 5.74) is 2.73. The van der Waals surface area contributed by atoms with Gasteiger partial charge in [-0.05, 0) is 49.1 Å². The maximum atomic E-state index is 14.5. The Morgan fingerprint density at radius 3 is 2.74 bits per heavy atom. The van der Waals surface area contributed by atoms with Gasteiger partial charge in [-0.2, -0.15) is 4.98 Å². The molecule has 1 aromatic heterocycles. The first kappa shape index (κ1) is 23.4. The van der Waals surface area contributed by atoms with Crippen LogP contribution in [0.25, 0.3) is 0 Å². The van der Waals surface area contributed by atoms with Crippen molar-refractivity contribution in [3.05, 3.63) is 64.6 Å². The van der Waals surface area contributed by atoms with E-state index >= 15 is 0 Å². The van der Waals surface area contributed by atoms with Crippen molar-refractivity contribution in [1.82, 2.24) is 15.3 Å². The summed E-state index contributed by atoms with van der Waals surface area (Å²) in [6.45, 7) is 2.23. The lowest BCUT2D eigenvalue weighted by molar-refractivity contribution is -0.116. The highest BCUT2D eigenvalue weighted by atomic mass is 35.5. The number of rotatable bonds is 5. The molecule has 4 rings (SSSR count). The minimum absolute atomic E-state index is 0.00802. The van der Waals surface area contributed by atoms with Gasteiger partial charge in [-0.1, -0.05) is 23.7 Å². The molecule has 0 saturated heterocycles. The normalized spacial score (nSPS) is 13.0. The molecule has 0 atom stereocenters. The monoisotopic (exact) mass is 482 g/mol. The van der Waals surface area contributed by atoms with Gasteiger partial charge in [0.05, 0.1) is 17.4 Å². The predicted molar refractivity (Wildman–Crippen MR) is 131 cm³/mol. The zero-order chi connectivity index (χ0) is 24.2. The van der Waals surface area contributed by atoms with Gasteiger partial charge in [-0.15, -0.1) is 0 Å². The first-order valence-corrected chi connectivity index (χ1v) is 11.2. The summed E-state index contributed by atoms with van der Waals surface area (Å²) in [5, 5.41) is 8.57. The molecule has 0 fully saturated rings. The van der Waals surface area contributed by atoms with Crippen LogP contribution in [0.2, 0.25) is 5.02 Å². The van der Waals surface area contributed by atoms with Crippen molar-refractivity contribution in [2.24, 2.45) is 0 Å². The second-order valence-corrected chi connectivity index (χ2v) is 8.26.